The monoisotopic (exact) mass is 323 g/mol. The maximum Gasteiger partial charge on any atom is 0.229 e. The SMILES string of the molecule is CCC(C(=O)NC(C)=O)C1CCCC(N2CCNCC2)CCC1. The van der Waals surface area contributed by atoms with Crippen LogP contribution in [0.2, 0.25) is 0 Å². The summed E-state index contributed by atoms with van der Waals surface area (Å²) in [4.78, 5) is 26.1. The van der Waals surface area contributed by atoms with Crippen LogP contribution in [0.5, 0.6) is 0 Å². The van der Waals surface area contributed by atoms with Crippen molar-refractivity contribution in [2.45, 2.75) is 64.8 Å². The molecular weight excluding hydrogens is 290 g/mol. The van der Waals surface area contributed by atoms with Gasteiger partial charge in [0, 0.05) is 45.1 Å². The Bertz CT molecular complexity index is 384. The van der Waals surface area contributed by atoms with Gasteiger partial charge in [0.25, 0.3) is 0 Å². The second-order valence-electron chi connectivity index (χ2n) is 7.12. The normalized spacial score (nSPS) is 28.4. The van der Waals surface area contributed by atoms with Gasteiger partial charge in [-0.25, -0.2) is 0 Å². The second kappa shape index (κ2) is 9.38. The van der Waals surface area contributed by atoms with Gasteiger partial charge in [0.05, 0.1) is 0 Å². The van der Waals surface area contributed by atoms with Crippen molar-refractivity contribution in [2.75, 3.05) is 26.2 Å². The van der Waals surface area contributed by atoms with Crippen LogP contribution in [0.25, 0.3) is 0 Å². The number of rotatable bonds is 4. The molecule has 2 rings (SSSR count). The van der Waals surface area contributed by atoms with Gasteiger partial charge < -0.3 is 5.32 Å². The summed E-state index contributed by atoms with van der Waals surface area (Å²) in [6.07, 6.45) is 7.96. The third-order valence-electron chi connectivity index (χ3n) is 5.54. The van der Waals surface area contributed by atoms with E-state index in [1.165, 1.54) is 45.7 Å². The number of piperazine rings is 1. The Hall–Kier alpha value is -0.940. The number of amides is 2. The van der Waals surface area contributed by atoms with Crippen LogP contribution in [0.15, 0.2) is 0 Å². The number of nitrogens with one attached hydrogen (secondary N) is 2. The Morgan fingerprint density at radius 2 is 1.74 bits per heavy atom. The molecule has 0 bridgehead atoms. The fourth-order valence-corrected chi connectivity index (χ4v) is 4.33. The molecule has 5 heteroatoms. The van der Waals surface area contributed by atoms with Gasteiger partial charge in [-0.3, -0.25) is 19.8 Å². The van der Waals surface area contributed by atoms with E-state index in [1.807, 2.05) is 0 Å². The molecule has 0 radical (unpaired) electrons. The van der Waals surface area contributed by atoms with E-state index < -0.39 is 0 Å². The predicted octanol–water partition coefficient (Wildman–Crippen LogP) is 1.92. The van der Waals surface area contributed by atoms with E-state index in [0.29, 0.717) is 5.92 Å². The van der Waals surface area contributed by atoms with Crippen LogP contribution in [0, 0.1) is 11.8 Å². The molecule has 1 unspecified atom stereocenters. The topological polar surface area (TPSA) is 61.4 Å². The Morgan fingerprint density at radius 3 is 2.26 bits per heavy atom. The minimum absolute atomic E-state index is 0.00497. The van der Waals surface area contributed by atoms with E-state index in [4.69, 9.17) is 0 Å². The molecule has 1 saturated heterocycles. The summed E-state index contributed by atoms with van der Waals surface area (Å²) in [5, 5.41) is 5.92. The molecule has 0 aromatic carbocycles. The van der Waals surface area contributed by atoms with Crippen molar-refractivity contribution in [3.8, 4) is 0 Å². The van der Waals surface area contributed by atoms with Crippen molar-refractivity contribution in [1.82, 2.24) is 15.5 Å². The van der Waals surface area contributed by atoms with E-state index in [0.717, 1.165) is 38.4 Å². The van der Waals surface area contributed by atoms with Gasteiger partial charge in [-0.1, -0.05) is 19.8 Å². The first-order valence-corrected chi connectivity index (χ1v) is 9.38. The zero-order chi connectivity index (χ0) is 16.7. The summed E-state index contributed by atoms with van der Waals surface area (Å²) in [5.74, 6) is 0.125. The zero-order valence-corrected chi connectivity index (χ0v) is 14.8. The average Bonchev–Trinajstić information content (AvgIpc) is 2.50. The van der Waals surface area contributed by atoms with Gasteiger partial charge in [0.1, 0.15) is 0 Å². The fraction of sp³-hybridized carbons (Fsp3) is 0.889. The molecule has 1 aliphatic heterocycles. The average molecular weight is 323 g/mol. The molecule has 2 N–H and O–H groups in total. The van der Waals surface area contributed by atoms with Crippen molar-refractivity contribution in [1.29, 1.82) is 0 Å². The molecule has 0 aromatic heterocycles. The summed E-state index contributed by atoms with van der Waals surface area (Å²) >= 11 is 0. The van der Waals surface area contributed by atoms with Gasteiger partial charge >= 0.3 is 0 Å². The van der Waals surface area contributed by atoms with Crippen molar-refractivity contribution < 1.29 is 9.59 Å². The summed E-state index contributed by atoms with van der Waals surface area (Å²) in [6, 6.07) is 0.726. The van der Waals surface area contributed by atoms with Gasteiger partial charge in [-0.15, -0.1) is 0 Å². The van der Waals surface area contributed by atoms with E-state index in [9.17, 15) is 9.59 Å². The fourth-order valence-electron chi connectivity index (χ4n) is 4.33. The van der Waals surface area contributed by atoms with Gasteiger partial charge in [-0.05, 0) is 38.0 Å². The van der Waals surface area contributed by atoms with Crippen LogP contribution in [0.4, 0.5) is 0 Å². The van der Waals surface area contributed by atoms with Gasteiger partial charge in [-0.2, -0.15) is 0 Å². The Morgan fingerprint density at radius 1 is 1.13 bits per heavy atom. The smallest absolute Gasteiger partial charge is 0.229 e. The van der Waals surface area contributed by atoms with Crippen LogP contribution < -0.4 is 10.6 Å². The molecular formula is C18H33N3O2. The quantitative estimate of drug-likeness (QED) is 0.830. The molecule has 1 saturated carbocycles. The summed E-state index contributed by atoms with van der Waals surface area (Å²) < 4.78 is 0. The van der Waals surface area contributed by atoms with Gasteiger partial charge in [0.2, 0.25) is 11.8 Å². The molecule has 2 amide bonds. The van der Waals surface area contributed by atoms with Crippen LogP contribution in [0.1, 0.15) is 58.8 Å². The lowest BCUT2D eigenvalue weighted by Gasteiger charge is -2.37. The van der Waals surface area contributed by atoms with Gasteiger partial charge in [0.15, 0.2) is 0 Å². The Balaban J connectivity index is 1.85. The summed E-state index contributed by atoms with van der Waals surface area (Å²) in [7, 11) is 0. The zero-order valence-electron chi connectivity index (χ0n) is 14.8. The third kappa shape index (κ3) is 5.57. The highest BCUT2D eigenvalue weighted by Gasteiger charge is 2.29. The third-order valence-corrected chi connectivity index (χ3v) is 5.54. The van der Waals surface area contributed by atoms with Crippen LogP contribution in [-0.2, 0) is 9.59 Å². The highest BCUT2D eigenvalue weighted by Crippen LogP contribution is 2.31. The standard InChI is InChI=1S/C18H33N3O2/c1-3-17(18(23)20-14(2)22)15-6-4-8-16(9-5-7-15)21-12-10-19-11-13-21/h15-17,19H,3-13H2,1-2H3,(H,20,22,23). The van der Waals surface area contributed by atoms with Crippen molar-refractivity contribution in [2.24, 2.45) is 11.8 Å². The number of carbonyl (C=O) groups excluding carboxylic acids is 2. The Kier molecular flexibility index (Phi) is 7.50. The minimum atomic E-state index is -0.238. The van der Waals surface area contributed by atoms with Crippen LogP contribution >= 0.6 is 0 Å². The van der Waals surface area contributed by atoms with Crippen LogP contribution in [-0.4, -0.2) is 48.9 Å². The number of carbonyl (C=O) groups is 2. The molecule has 1 heterocycles. The highest BCUT2D eigenvalue weighted by molar-refractivity contribution is 5.95. The van der Waals surface area contributed by atoms with Crippen molar-refractivity contribution in [3.63, 3.8) is 0 Å². The molecule has 0 aromatic rings. The lowest BCUT2D eigenvalue weighted by atomic mass is 9.79. The predicted molar refractivity (Wildman–Crippen MR) is 92.0 cm³/mol. The molecule has 2 aliphatic rings. The van der Waals surface area contributed by atoms with E-state index in [2.05, 4.69) is 22.5 Å². The van der Waals surface area contributed by atoms with E-state index >= 15 is 0 Å². The lowest BCUT2D eigenvalue weighted by molar-refractivity contribution is -0.133. The van der Waals surface area contributed by atoms with E-state index in [1.54, 1.807) is 0 Å². The van der Waals surface area contributed by atoms with Crippen LogP contribution in [0.3, 0.4) is 0 Å². The number of hydrogen-bond donors (Lipinski definition) is 2. The molecule has 132 valence electrons. The lowest BCUT2D eigenvalue weighted by Crippen LogP contribution is -2.48. The highest BCUT2D eigenvalue weighted by atomic mass is 16.2. The molecule has 1 aliphatic carbocycles. The second-order valence-corrected chi connectivity index (χ2v) is 7.12. The largest absolute Gasteiger partial charge is 0.314 e. The number of hydrogen-bond acceptors (Lipinski definition) is 4. The first-order valence-electron chi connectivity index (χ1n) is 9.38. The number of nitrogens with zero attached hydrogens (tertiary/aromatic N) is 1. The summed E-state index contributed by atoms with van der Waals surface area (Å²) in [6.45, 7) is 8.05. The maximum absolute atomic E-state index is 12.2. The first-order chi connectivity index (χ1) is 11.1. The molecule has 2 fully saturated rings. The minimum Gasteiger partial charge on any atom is -0.314 e. The van der Waals surface area contributed by atoms with Crippen molar-refractivity contribution >= 4 is 11.8 Å². The first kappa shape index (κ1) is 18.4. The van der Waals surface area contributed by atoms with Crippen molar-refractivity contribution in [3.05, 3.63) is 0 Å². The Labute approximate surface area is 140 Å². The number of imide groups is 1. The maximum atomic E-state index is 12.2. The molecule has 1 atom stereocenters. The van der Waals surface area contributed by atoms with E-state index in [-0.39, 0.29) is 17.7 Å². The molecule has 23 heavy (non-hydrogen) atoms. The molecule has 5 nitrogen and oxygen atoms in total. The summed E-state index contributed by atoms with van der Waals surface area (Å²) in [5.41, 5.74) is 0. The molecule has 0 spiro atoms.